The lowest BCUT2D eigenvalue weighted by Gasteiger charge is -2.26. The average molecular weight is 277 g/mol. The molecule has 1 aliphatic heterocycles. The maximum Gasteiger partial charge on any atom is 0.127 e. The van der Waals surface area contributed by atoms with Crippen molar-refractivity contribution in [3.8, 4) is 11.5 Å². The van der Waals surface area contributed by atoms with Gasteiger partial charge in [0, 0.05) is 11.6 Å². The first-order valence-electron chi connectivity index (χ1n) is 7.08. The van der Waals surface area contributed by atoms with Crippen molar-refractivity contribution in [3.63, 3.8) is 0 Å². The van der Waals surface area contributed by atoms with E-state index in [2.05, 4.69) is 18.3 Å². The minimum absolute atomic E-state index is 0.0288. The summed E-state index contributed by atoms with van der Waals surface area (Å²) >= 11 is 0. The quantitative estimate of drug-likeness (QED) is 0.867. The van der Waals surface area contributed by atoms with Gasteiger partial charge in [0.1, 0.15) is 17.3 Å². The molecule has 1 atom stereocenters. The monoisotopic (exact) mass is 277 g/mol. The number of hydrogen-bond donors (Lipinski definition) is 1. The lowest BCUT2D eigenvalue weighted by Crippen LogP contribution is -2.25. The van der Waals surface area contributed by atoms with E-state index < -0.39 is 0 Å². The molecule has 1 unspecified atom stereocenters. The Morgan fingerprint density at radius 2 is 2.15 bits per heavy atom. The predicted octanol–water partition coefficient (Wildman–Crippen LogP) is 3.05. The van der Waals surface area contributed by atoms with Crippen LogP contribution in [0.4, 0.5) is 0 Å². The van der Waals surface area contributed by atoms with E-state index in [-0.39, 0.29) is 6.04 Å². The van der Waals surface area contributed by atoms with E-state index in [9.17, 15) is 0 Å². The SMILES string of the molecule is CCNC(C1=CCCCO1)c1ccc(OC)cc1OC. The van der Waals surface area contributed by atoms with Gasteiger partial charge in [-0.3, -0.25) is 0 Å². The second kappa shape index (κ2) is 7.20. The van der Waals surface area contributed by atoms with Crippen LogP contribution in [0.1, 0.15) is 31.4 Å². The number of ether oxygens (including phenoxy) is 3. The maximum atomic E-state index is 5.81. The third kappa shape index (κ3) is 3.25. The van der Waals surface area contributed by atoms with Crippen LogP contribution in [0.3, 0.4) is 0 Å². The van der Waals surface area contributed by atoms with Gasteiger partial charge >= 0.3 is 0 Å². The maximum absolute atomic E-state index is 5.81. The van der Waals surface area contributed by atoms with Gasteiger partial charge in [0.05, 0.1) is 26.9 Å². The summed E-state index contributed by atoms with van der Waals surface area (Å²) in [6.45, 7) is 3.74. The summed E-state index contributed by atoms with van der Waals surface area (Å²) in [6, 6.07) is 5.92. The van der Waals surface area contributed by atoms with E-state index in [1.54, 1.807) is 14.2 Å². The molecule has 0 saturated heterocycles. The van der Waals surface area contributed by atoms with Crippen molar-refractivity contribution in [3.05, 3.63) is 35.6 Å². The molecule has 0 aromatic heterocycles. The van der Waals surface area contributed by atoms with Crippen LogP contribution in [-0.2, 0) is 4.74 Å². The fourth-order valence-electron chi connectivity index (χ4n) is 2.40. The van der Waals surface area contributed by atoms with Gasteiger partial charge in [-0.05, 0) is 37.6 Å². The Bertz CT molecular complexity index is 471. The number of likely N-dealkylation sites (N-methyl/N-ethyl adjacent to an activating group) is 1. The van der Waals surface area contributed by atoms with Gasteiger partial charge in [-0.15, -0.1) is 0 Å². The summed E-state index contributed by atoms with van der Waals surface area (Å²) in [5.74, 6) is 2.59. The van der Waals surface area contributed by atoms with Gasteiger partial charge in [-0.2, -0.15) is 0 Å². The zero-order valence-electron chi connectivity index (χ0n) is 12.4. The molecular formula is C16H23NO3. The van der Waals surface area contributed by atoms with E-state index in [1.807, 2.05) is 18.2 Å². The van der Waals surface area contributed by atoms with Crippen molar-refractivity contribution in [2.24, 2.45) is 0 Å². The Morgan fingerprint density at radius 3 is 2.75 bits per heavy atom. The van der Waals surface area contributed by atoms with Crippen LogP contribution in [0.15, 0.2) is 30.0 Å². The molecule has 0 radical (unpaired) electrons. The topological polar surface area (TPSA) is 39.7 Å². The lowest BCUT2D eigenvalue weighted by molar-refractivity contribution is 0.167. The van der Waals surface area contributed by atoms with Crippen LogP contribution < -0.4 is 14.8 Å². The molecule has 2 rings (SSSR count). The molecule has 0 bridgehead atoms. The highest BCUT2D eigenvalue weighted by molar-refractivity contribution is 5.44. The standard InChI is InChI=1S/C16H23NO3/c1-4-17-16(14-7-5-6-10-20-14)13-9-8-12(18-2)11-15(13)19-3/h7-9,11,16-17H,4-6,10H2,1-3H3. The Hall–Kier alpha value is -1.68. The Kier molecular flexibility index (Phi) is 5.30. The minimum atomic E-state index is 0.0288. The largest absolute Gasteiger partial charge is 0.497 e. The van der Waals surface area contributed by atoms with Crippen LogP contribution in [0, 0.1) is 0 Å². The highest BCUT2D eigenvalue weighted by Crippen LogP contribution is 2.34. The third-order valence-corrected chi connectivity index (χ3v) is 3.41. The molecule has 20 heavy (non-hydrogen) atoms. The number of hydrogen-bond acceptors (Lipinski definition) is 4. The highest BCUT2D eigenvalue weighted by Gasteiger charge is 2.22. The molecule has 1 aliphatic rings. The Balaban J connectivity index is 2.35. The number of methoxy groups -OCH3 is 2. The zero-order chi connectivity index (χ0) is 14.4. The predicted molar refractivity (Wildman–Crippen MR) is 79.2 cm³/mol. The number of allylic oxidation sites excluding steroid dienone is 1. The summed E-state index contributed by atoms with van der Waals surface area (Å²) in [4.78, 5) is 0. The van der Waals surface area contributed by atoms with Gasteiger partial charge in [0.2, 0.25) is 0 Å². The van der Waals surface area contributed by atoms with Crippen LogP contribution >= 0.6 is 0 Å². The molecule has 110 valence electrons. The first kappa shape index (κ1) is 14.7. The molecule has 1 aromatic carbocycles. The minimum Gasteiger partial charge on any atom is -0.497 e. The smallest absolute Gasteiger partial charge is 0.127 e. The summed E-state index contributed by atoms with van der Waals surface area (Å²) in [7, 11) is 3.33. The normalized spacial score (nSPS) is 16.1. The van der Waals surface area contributed by atoms with E-state index in [4.69, 9.17) is 14.2 Å². The summed E-state index contributed by atoms with van der Waals surface area (Å²) in [5.41, 5.74) is 1.07. The van der Waals surface area contributed by atoms with Gasteiger partial charge < -0.3 is 19.5 Å². The second-order valence-corrected chi connectivity index (χ2v) is 4.70. The Morgan fingerprint density at radius 1 is 1.30 bits per heavy atom. The molecule has 1 N–H and O–H groups in total. The number of benzene rings is 1. The second-order valence-electron chi connectivity index (χ2n) is 4.70. The molecular weight excluding hydrogens is 254 g/mol. The first-order chi connectivity index (χ1) is 9.80. The first-order valence-corrected chi connectivity index (χ1v) is 7.08. The van der Waals surface area contributed by atoms with Gasteiger partial charge in [0.15, 0.2) is 0 Å². The molecule has 0 spiro atoms. The van der Waals surface area contributed by atoms with Crippen LogP contribution in [-0.4, -0.2) is 27.4 Å². The molecule has 4 nitrogen and oxygen atoms in total. The summed E-state index contributed by atoms with van der Waals surface area (Å²) < 4.78 is 16.6. The zero-order valence-corrected chi connectivity index (χ0v) is 12.4. The van der Waals surface area contributed by atoms with Crippen LogP contribution in [0.5, 0.6) is 11.5 Å². The van der Waals surface area contributed by atoms with Gasteiger partial charge in [0.25, 0.3) is 0 Å². The average Bonchev–Trinajstić information content (AvgIpc) is 2.53. The van der Waals surface area contributed by atoms with Crippen LogP contribution in [0.2, 0.25) is 0 Å². The van der Waals surface area contributed by atoms with Gasteiger partial charge in [-0.25, -0.2) is 0 Å². The van der Waals surface area contributed by atoms with E-state index in [0.717, 1.165) is 48.8 Å². The van der Waals surface area contributed by atoms with Crippen molar-refractivity contribution in [2.75, 3.05) is 27.4 Å². The van der Waals surface area contributed by atoms with Crippen molar-refractivity contribution in [1.82, 2.24) is 5.32 Å². The van der Waals surface area contributed by atoms with E-state index in [0.29, 0.717) is 0 Å². The van der Waals surface area contributed by atoms with Crippen molar-refractivity contribution >= 4 is 0 Å². The molecule has 0 aliphatic carbocycles. The molecule has 1 heterocycles. The summed E-state index contributed by atoms with van der Waals surface area (Å²) in [5, 5.41) is 3.47. The number of nitrogens with one attached hydrogen (secondary N) is 1. The molecule has 4 heteroatoms. The van der Waals surface area contributed by atoms with Crippen LogP contribution in [0.25, 0.3) is 0 Å². The van der Waals surface area contributed by atoms with E-state index in [1.165, 1.54) is 0 Å². The molecule has 0 amide bonds. The fraction of sp³-hybridized carbons (Fsp3) is 0.500. The molecule has 1 aromatic rings. The molecule has 0 fully saturated rings. The fourth-order valence-corrected chi connectivity index (χ4v) is 2.40. The molecule has 0 saturated carbocycles. The number of rotatable bonds is 6. The highest BCUT2D eigenvalue weighted by atomic mass is 16.5. The Labute approximate surface area is 120 Å². The lowest BCUT2D eigenvalue weighted by atomic mass is 10.0. The summed E-state index contributed by atoms with van der Waals surface area (Å²) in [6.07, 6.45) is 4.32. The van der Waals surface area contributed by atoms with Crippen molar-refractivity contribution in [2.45, 2.75) is 25.8 Å². The van der Waals surface area contributed by atoms with Gasteiger partial charge in [-0.1, -0.05) is 6.92 Å². The van der Waals surface area contributed by atoms with Crippen molar-refractivity contribution < 1.29 is 14.2 Å². The van der Waals surface area contributed by atoms with E-state index >= 15 is 0 Å². The van der Waals surface area contributed by atoms with Crippen molar-refractivity contribution in [1.29, 1.82) is 0 Å². The third-order valence-electron chi connectivity index (χ3n) is 3.41.